The Labute approximate surface area is 220 Å². The minimum atomic E-state index is -0.692. The van der Waals surface area contributed by atoms with Crippen molar-refractivity contribution >= 4 is 51.9 Å². The summed E-state index contributed by atoms with van der Waals surface area (Å²) in [6.45, 7) is 5.09. The summed E-state index contributed by atoms with van der Waals surface area (Å²) in [7, 11) is 1.59. The molecule has 7 nitrogen and oxygen atoms in total. The Balaban J connectivity index is 1.54. The third-order valence-electron chi connectivity index (χ3n) is 6.03. The molecule has 188 valence electrons. The highest BCUT2D eigenvalue weighted by Crippen LogP contribution is 2.30. The molecule has 2 aromatic carbocycles. The van der Waals surface area contributed by atoms with E-state index >= 15 is 0 Å². The molecular formula is C27H29N3O4S2. The Hall–Kier alpha value is -3.43. The number of nitrogens with zero attached hydrogens (tertiary/aromatic N) is 2. The maximum atomic E-state index is 13.6. The fourth-order valence-electron chi connectivity index (χ4n) is 4.13. The second-order valence-electron chi connectivity index (χ2n) is 8.35. The summed E-state index contributed by atoms with van der Waals surface area (Å²) in [5, 5.41) is 5.34. The van der Waals surface area contributed by atoms with Crippen LogP contribution in [0, 0.1) is 6.92 Å². The lowest BCUT2D eigenvalue weighted by molar-refractivity contribution is -0.124. The molecule has 2 amide bonds. The maximum absolute atomic E-state index is 13.6. The highest BCUT2D eigenvalue weighted by atomic mass is 32.1. The van der Waals surface area contributed by atoms with Gasteiger partial charge >= 0.3 is 0 Å². The molecule has 3 aromatic rings. The summed E-state index contributed by atoms with van der Waals surface area (Å²) in [6, 6.07) is 15.7. The first kappa shape index (κ1) is 25.7. The van der Waals surface area contributed by atoms with Gasteiger partial charge in [0.05, 0.1) is 25.8 Å². The molecule has 1 N–H and O–H groups in total. The molecule has 1 aliphatic heterocycles. The van der Waals surface area contributed by atoms with Crippen molar-refractivity contribution in [3.05, 3.63) is 70.4 Å². The first-order valence-electron chi connectivity index (χ1n) is 11.8. The largest absolute Gasteiger partial charge is 0.497 e. The quantitative estimate of drug-likeness (QED) is 0.376. The van der Waals surface area contributed by atoms with Crippen LogP contribution in [0.5, 0.6) is 11.5 Å². The minimum Gasteiger partial charge on any atom is -0.497 e. The van der Waals surface area contributed by atoms with Gasteiger partial charge in [0, 0.05) is 17.1 Å². The number of carbonyl (C=O) groups is 2. The number of rotatable bonds is 10. The van der Waals surface area contributed by atoms with Gasteiger partial charge in [-0.1, -0.05) is 0 Å². The lowest BCUT2D eigenvalue weighted by Crippen LogP contribution is -2.39. The van der Waals surface area contributed by atoms with Crippen LogP contribution >= 0.6 is 23.6 Å². The van der Waals surface area contributed by atoms with E-state index in [9.17, 15) is 9.59 Å². The molecule has 1 atom stereocenters. The Morgan fingerprint density at radius 1 is 1.08 bits per heavy atom. The van der Waals surface area contributed by atoms with Crippen molar-refractivity contribution in [3.63, 3.8) is 0 Å². The monoisotopic (exact) mass is 523 g/mol. The predicted octanol–water partition coefficient (Wildman–Crippen LogP) is 5.04. The number of thiocarbonyl (C=S) groups is 1. The molecule has 1 saturated heterocycles. The average molecular weight is 524 g/mol. The molecule has 1 aromatic heterocycles. The number of benzene rings is 2. The molecule has 1 unspecified atom stereocenters. The molecule has 0 bridgehead atoms. The lowest BCUT2D eigenvalue weighted by Gasteiger charge is -2.24. The number of aryl methyl sites for hydroxylation is 1. The van der Waals surface area contributed by atoms with Gasteiger partial charge in [0.1, 0.15) is 17.5 Å². The van der Waals surface area contributed by atoms with Crippen molar-refractivity contribution < 1.29 is 19.1 Å². The lowest BCUT2D eigenvalue weighted by atomic mass is 10.1. The zero-order valence-corrected chi connectivity index (χ0v) is 22.2. The van der Waals surface area contributed by atoms with E-state index in [0.29, 0.717) is 35.4 Å². The normalized spacial score (nSPS) is 15.4. The molecule has 0 radical (unpaired) electrons. The van der Waals surface area contributed by atoms with Crippen LogP contribution in [0.15, 0.2) is 60.0 Å². The fourth-order valence-corrected chi connectivity index (χ4v) is 5.44. The molecule has 2 heterocycles. The van der Waals surface area contributed by atoms with Gasteiger partial charge in [-0.25, -0.2) is 0 Å². The summed E-state index contributed by atoms with van der Waals surface area (Å²) in [6.07, 6.45) is 0.729. The number of hydrogen-bond donors (Lipinski definition) is 1. The van der Waals surface area contributed by atoms with E-state index < -0.39 is 6.04 Å². The highest BCUT2D eigenvalue weighted by Gasteiger charge is 2.44. The third kappa shape index (κ3) is 5.68. The van der Waals surface area contributed by atoms with Crippen LogP contribution in [-0.4, -0.2) is 48.1 Å². The topological polar surface area (TPSA) is 71.1 Å². The van der Waals surface area contributed by atoms with E-state index in [2.05, 4.69) is 23.7 Å². The SMILES string of the molecule is CCOc1ccc(N2C(=O)C(CC(=O)Nc3ccc(OC)cc3)N(CCc3sccc3C)C2=S)cc1. The van der Waals surface area contributed by atoms with Crippen molar-refractivity contribution in [1.29, 1.82) is 0 Å². The van der Waals surface area contributed by atoms with Crippen LogP contribution in [0.2, 0.25) is 0 Å². The third-order valence-corrected chi connectivity index (χ3v) is 7.52. The molecule has 0 saturated carbocycles. The highest BCUT2D eigenvalue weighted by molar-refractivity contribution is 7.80. The molecule has 9 heteroatoms. The van der Waals surface area contributed by atoms with Gasteiger partial charge in [0.2, 0.25) is 5.91 Å². The number of methoxy groups -OCH3 is 1. The second-order valence-corrected chi connectivity index (χ2v) is 9.72. The fraction of sp³-hybridized carbons (Fsp3) is 0.296. The van der Waals surface area contributed by atoms with Crippen LogP contribution in [0.25, 0.3) is 0 Å². The minimum absolute atomic E-state index is 0.0119. The number of carbonyl (C=O) groups excluding carboxylic acids is 2. The standard InChI is InChI=1S/C27H29N3O4S2/c1-4-34-22-11-7-20(8-12-22)30-26(32)23(17-25(31)28-19-5-9-21(33-3)10-6-19)29(27(30)35)15-13-24-18(2)14-16-36-24/h5-12,14,16,23H,4,13,15,17H2,1-3H3,(H,28,31). The summed E-state index contributed by atoms with van der Waals surface area (Å²) >= 11 is 7.46. The van der Waals surface area contributed by atoms with Crippen LogP contribution < -0.4 is 19.7 Å². The van der Waals surface area contributed by atoms with Crippen molar-refractivity contribution in [1.82, 2.24) is 4.90 Å². The van der Waals surface area contributed by atoms with Gasteiger partial charge in [-0.15, -0.1) is 11.3 Å². The first-order valence-corrected chi connectivity index (χ1v) is 13.0. The Morgan fingerprint density at radius 2 is 1.78 bits per heavy atom. The van der Waals surface area contributed by atoms with E-state index in [4.69, 9.17) is 21.7 Å². The van der Waals surface area contributed by atoms with Crippen LogP contribution in [0.3, 0.4) is 0 Å². The van der Waals surface area contributed by atoms with Gasteiger partial charge in [-0.3, -0.25) is 14.5 Å². The van der Waals surface area contributed by atoms with Gasteiger partial charge in [0.15, 0.2) is 5.11 Å². The Morgan fingerprint density at radius 3 is 2.39 bits per heavy atom. The smallest absolute Gasteiger partial charge is 0.256 e. The van der Waals surface area contributed by atoms with E-state index in [1.165, 1.54) is 15.3 Å². The molecule has 0 aliphatic carbocycles. The van der Waals surface area contributed by atoms with Gasteiger partial charge < -0.3 is 19.7 Å². The zero-order valence-electron chi connectivity index (χ0n) is 20.5. The molecular weight excluding hydrogens is 494 g/mol. The van der Waals surface area contributed by atoms with Gasteiger partial charge in [0.25, 0.3) is 5.91 Å². The van der Waals surface area contributed by atoms with E-state index in [-0.39, 0.29) is 18.2 Å². The summed E-state index contributed by atoms with van der Waals surface area (Å²) in [5.41, 5.74) is 2.51. The number of nitrogens with one attached hydrogen (secondary N) is 1. The van der Waals surface area contributed by atoms with E-state index in [0.717, 1.165) is 12.2 Å². The molecule has 4 rings (SSSR count). The number of thiophene rings is 1. The average Bonchev–Trinajstić information content (AvgIpc) is 3.38. The number of ether oxygens (including phenoxy) is 2. The van der Waals surface area contributed by atoms with Crippen LogP contribution in [0.4, 0.5) is 11.4 Å². The second kappa shape index (κ2) is 11.5. The maximum Gasteiger partial charge on any atom is 0.256 e. The van der Waals surface area contributed by atoms with E-state index in [1.807, 2.05) is 36.1 Å². The molecule has 0 spiro atoms. The number of anilines is 2. The predicted molar refractivity (Wildman–Crippen MR) is 147 cm³/mol. The Bertz CT molecular complexity index is 1220. The van der Waals surface area contributed by atoms with Gasteiger partial charge in [-0.05, 0) is 98.0 Å². The zero-order chi connectivity index (χ0) is 25.7. The molecule has 1 aliphatic rings. The van der Waals surface area contributed by atoms with E-state index in [1.54, 1.807) is 42.7 Å². The molecule has 1 fully saturated rings. The summed E-state index contributed by atoms with van der Waals surface area (Å²) < 4.78 is 10.7. The summed E-state index contributed by atoms with van der Waals surface area (Å²) in [5.74, 6) is 0.953. The molecule has 36 heavy (non-hydrogen) atoms. The number of hydrogen-bond acceptors (Lipinski definition) is 6. The van der Waals surface area contributed by atoms with Crippen LogP contribution in [0.1, 0.15) is 23.8 Å². The first-order chi connectivity index (χ1) is 17.4. The van der Waals surface area contributed by atoms with Gasteiger partial charge in [-0.2, -0.15) is 0 Å². The van der Waals surface area contributed by atoms with Crippen molar-refractivity contribution in [2.75, 3.05) is 30.5 Å². The van der Waals surface area contributed by atoms with Crippen molar-refractivity contribution in [2.45, 2.75) is 32.7 Å². The summed E-state index contributed by atoms with van der Waals surface area (Å²) in [4.78, 5) is 31.2. The van der Waals surface area contributed by atoms with Crippen molar-refractivity contribution in [2.24, 2.45) is 0 Å². The Kier molecular flexibility index (Phi) is 8.22. The van der Waals surface area contributed by atoms with Crippen molar-refractivity contribution in [3.8, 4) is 11.5 Å². The number of amides is 2. The van der Waals surface area contributed by atoms with Crippen LogP contribution in [-0.2, 0) is 16.0 Å².